The van der Waals surface area contributed by atoms with Crippen molar-refractivity contribution in [3.8, 4) is 0 Å². The van der Waals surface area contributed by atoms with Crippen molar-refractivity contribution in [2.45, 2.75) is 38.5 Å². The average molecular weight is 281 g/mol. The number of hydrogen-bond acceptors (Lipinski definition) is 3. The average Bonchev–Trinajstić information content (AvgIpc) is 2.36. The second-order valence-corrected chi connectivity index (χ2v) is 7.28. The van der Waals surface area contributed by atoms with Gasteiger partial charge in [-0.15, -0.1) is 11.8 Å². The Bertz CT molecular complexity index is 396. The molecule has 19 heavy (non-hydrogen) atoms. The third-order valence-corrected chi connectivity index (χ3v) is 3.85. The summed E-state index contributed by atoms with van der Waals surface area (Å²) in [6.45, 7) is 7.04. The first-order chi connectivity index (χ1) is 8.90. The summed E-state index contributed by atoms with van der Waals surface area (Å²) >= 11 is 1.65. The molecule has 0 unspecified atom stereocenters. The number of thioether (sulfide) groups is 1. The molecule has 0 bridgehead atoms. The van der Waals surface area contributed by atoms with Gasteiger partial charge in [-0.3, -0.25) is 4.79 Å². The molecular formula is C15H23NO2S. The highest BCUT2D eigenvalue weighted by molar-refractivity contribution is 8.01. The van der Waals surface area contributed by atoms with Gasteiger partial charge in [-0.25, -0.2) is 0 Å². The SMILES string of the molecule is CC(C)(C)SCC(=O)NCCc1ccc(CO)cc1. The minimum absolute atomic E-state index is 0.0705. The van der Waals surface area contributed by atoms with Crippen LogP contribution in [0.2, 0.25) is 0 Å². The molecule has 2 N–H and O–H groups in total. The van der Waals surface area contributed by atoms with Crippen molar-refractivity contribution < 1.29 is 9.90 Å². The lowest BCUT2D eigenvalue weighted by Crippen LogP contribution is -2.28. The number of aliphatic hydroxyl groups is 1. The van der Waals surface area contributed by atoms with E-state index in [2.05, 4.69) is 26.1 Å². The Balaban J connectivity index is 2.24. The van der Waals surface area contributed by atoms with Crippen molar-refractivity contribution in [2.75, 3.05) is 12.3 Å². The normalized spacial score (nSPS) is 11.4. The summed E-state index contributed by atoms with van der Waals surface area (Å²) in [6, 6.07) is 7.79. The van der Waals surface area contributed by atoms with Gasteiger partial charge in [-0.1, -0.05) is 45.0 Å². The van der Waals surface area contributed by atoms with Crippen LogP contribution in [0.25, 0.3) is 0 Å². The molecule has 106 valence electrons. The first kappa shape index (κ1) is 16.1. The van der Waals surface area contributed by atoms with Crippen LogP contribution in [0.1, 0.15) is 31.9 Å². The second kappa shape index (κ2) is 7.56. The number of nitrogens with one attached hydrogen (secondary N) is 1. The van der Waals surface area contributed by atoms with Gasteiger partial charge < -0.3 is 10.4 Å². The smallest absolute Gasteiger partial charge is 0.230 e. The number of carbonyl (C=O) groups is 1. The molecule has 0 radical (unpaired) electrons. The lowest BCUT2D eigenvalue weighted by Gasteiger charge is -2.16. The number of benzene rings is 1. The number of hydrogen-bond donors (Lipinski definition) is 2. The highest BCUT2D eigenvalue weighted by atomic mass is 32.2. The van der Waals surface area contributed by atoms with Crippen LogP contribution in [0.4, 0.5) is 0 Å². The zero-order valence-corrected chi connectivity index (χ0v) is 12.7. The molecule has 0 aliphatic carbocycles. The maximum absolute atomic E-state index is 11.6. The van der Waals surface area contributed by atoms with Crippen molar-refractivity contribution in [1.82, 2.24) is 5.32 Å². The molecule has 0 spiro atoms. The molecular weight excluding hydrogens is 258 g/mol. The van der Waals surface area contributed by atoms with Gasteiger partial charge in [-0.05, 0) is 17.5 Å². The lowest BCUT2D eigenvalue weighted by atomic mass is 10.1. The summed E-state index contributed by atoms with van der Waals surface area (Å²) in [5, 5.41) is 11.9. The topological polar surface area (TPSA) is 49.3 Å². The van der Waals surface area contributed by atoms with Crippen LogP contribution in [-0.4, -0.2) is 28.1 Å². The van der Waals surface area contributed by atoms with E-state index in [1.165, 1.54) is 5.56 Å². The maximum atomic E-state index is 11.6. The van der Waals surface area contributed by atoms with E-state index < -0.39 is 0 Å². The van der Waals surface area contributed by atoms with Gasteiger partial charge in [0.25, 0.3) is 0 Å². The van der Waals surface area contributed by atoms with E-state index in [1.54, 1.807) is 11.8 Å². The summed E-state index contributed by atoms with van der Waals surface area (Å²) in [6.07, 6.45) is 0.817. The van der Waals surface area contributed by atoms with Gasteiger partial charge in [0.1, 0.15) is 0 Å². The predicted octanol–water partition coefficient (Wildman–Crippen LogP) is 2.37. The van der Waals surface area contributed by atoms with E-state index in [4.69, 9.17) is 5.11 Å². The molecule has 0 aliphatic rings. The molecule has 1 rings (SSSR count). The summed E-state index contributed by atoms with van der Waals surface area (Å²) in [5.41, 5.74) is 2.08. The van der Waals surface area contributed by atoms with E-state index in [0.29, 0.717) is 12.3 Å². The van der Waals surface area contributed by atoms with Gasteiger partial charge in [0.05, 0.1) is 12.4 Å². The number of carbonyl (C=O) groups excluding carboxylic acids is 1. The van der Waals surface area contributed by atoms with Crippen LogP contribution in [0.3, 0.4) is 0 Å². The lowest BCUT2D eigenvalue weighted by molar-refractivity contribution is -0.118. The highest BCUT2D eigenvalue weighted by Gasteiger charge is 2.12. The molecule has 0 fully saturated rings. The largest absolute Gasteiger partial charge is 0.392 e. The first-order valence-electron chi connectivity index (χ1n) is 6.50. The molecule has 0 heterocycles. The minimum atomic E-state index is 0.0705. The van der Waals surface area contributed by atoms with Crippen LogP contribution in [0, 0.1) is 0 Å². The van der Waals surface area contributed by atoms with Crippen molar-refractivity contribution in [3.63, 3.8) is 0 Å². The monoisotopic (exact) mass is 281 g/mol. The highest BCUT2D eigenvalue weighted by Crippen LogP contribution is 2.22. The summed E-state index contributed by atoms with van der Waals surface area (Å²) in [5.74, 6) is 0.597. The van der Waals surface area contributed by atoms with Crippen molar-refractivity contribution in [3.05, 3.63) is 35.4 Å². The minimum Gasteiger partial charge on any atom is -0.392 e. The third kappa shape index (κ3) is 7.23. The van der Waals surface area contributed by atoms with Crippen LogP contribution in [0.15, 0.2) is 24.3 Å². The summed E-state index contributed by atoms with van der Waals surface area (Å²) in [4.78, 5) is 11.6. The van der Waals surface area contributed by atoms with Gasteiger partial charge in [0.15, 0.2) is 0 Å². The van der Waals surface area contributed by atoms with Gasteiger partial charge in [0, 0.05) is 11.3 Å². The van der Waals surface area contributed by atoms with Crippen LogP contribution in [0.5, 0.6) is 0 Å². The Morgan fingerprint density at radius 1 is 1.21 bits per heavy atom. The Morgan fingerprint density at radius 3 is 2.32 bits per heavy atom. The van der Waals surface area contributed by atoms with Crippen LogP contribution in [-0.2, 0) is 17.8 Å². The van der Waals surface area contributed by atoms with E-state index >= 15 is 0 Å². The fourth-order valence-electron chi connectivity index (χ4n) is 1.49. The quantitative estimate of drug-likeness (QED) is 0.841. The Hall–Kier alpha value is -1.00. The molecule has 0 aromatic heterocycles. The Labute approximate surface area is 119 Å². The van der Waals surface area contributed by atoms with E-state index in [1.807, 2.05) is 24.3 Å². The fraction of sp³-hybridized carbons (Fsp3) is 0.533. The maximum Gasteiger partial charge on any atom is 0.230 e. The molecule has 0 saturated heterocycles. The van der Waals surface area contributed by atoms with E-state index in [-0.39, 0.29) is 17.3 Å². The summed E-state index contributed by atoms with van der Waals surface area (Å²) in [7, 11) is 0. The number of amides is 1. The fourth-order valence-corrected chi connectivity index (χ4v) is 2.16. The predicted molar refractivity (Wildman–Crippen MR) is 81.3 cm³/mol. The summed E-state index contributed by atoms with van der Waals surface area (Å²) < 4.78 is 0.122. The second-order valence-electron chi connectivity index (χ2n) is 5.48. The number of aliphatic hydroxyl groups excluding tert-OH is 1. The van der Waals surface area contributed by atoms with Gasteiger partial charge >= 0.3 is 0 Å². The molecule has 0 aliphatic heterocycles. The zero-order valence-electron chi connectivity index (χ0n) is 11.9. The van der Waals surface area contributed by atoms with Gasteiger partial charge in [0.2, 0.25) is 5.91 Å². The molecule has 0 atom stereocenters. The van der Waals surface area contributed by atoms with E-state index in [0.717, 1.165) is 12.0 Å². The van der Waals surface area contributed by atoms with Crippen LogP contribution < -0.4 is 5.32 Å². The number of rotatable bonds is 6. The molecule has 1 aromatic carbocycles. The molecule has 4 heteroatoms. The van der Waals surface area contributed by atoms with Crippen molar-refractivity contribution >= 4 is 17.7 Å². The van der Waals surface area contributed by atoms with Crippen LogP contribution >= 0.6 is 11.8 Å². The molecule has 0 saturated carbocycles. The van der Waals surface area contributed by atoms with E-state index in [9.17, 15) is 4.79 Å². The van der Waals surface area contributed by atoms with Crippen molar-refractivity contribution in [2.24, 2.45) is 0 Å². The standard InChI is InChI=1S/C15H23NO2S/c1-15(2,3)19-11-14(18)16-9-8-12-4-6-13(10-17)7-5-12/h4-7,17H,8-11H2,1-3H3,(H,16,18). The third-order valence-electron chi connectivity index (χ3n) is 2.58. The Morgan fingerprint density at radius 2 is 1.79 bits per heavy atom. The molecule has 1 amide bonds. The molecule has 3 nitrogen and oxygen atoms in total. The first-order valence-corrected chi connectivity index (χ1v) is 7.48. The zero-order chi connectivity index (χ0) is 14.3. The van der Waals surface area contributed by atoms with Gasteiger partial charge in [-0.2, -0.15) is 0 Å². The molecule has 1 aromatic rings. The van der Waals surface area contributed by atoms with Crippen molar-refractivity contribution in [1.29, 1.82) is 0 Å². The Kier molecular flexibility index (Phi) is 6.38.